The quantitative estimate of drug-likeness (QED) is 0.124. The molecule has 1 heterocycles. The van der Waals surface area contributed by atoms with Gasteiger partial charge in [-0.2, -0.15) is 0 Å². The predicted molar refractivity (Wildman–Crippen MR) is 217 cm³/mol. The normalized spacial score (nSPS) is 17.9. The molecule has 1 aliphatic carbocycles. The fraction of sp³-hybridized carbons (Fsp3) is 0.333. The van der Waals surface area contributed by atoms with E-state index >= 15 is 0 Å². The minimum Gasteiger partial charge on any atom is -0.392 e. The van der Waals surface area contributed by atoms with Gasteiger partial charge in [-0.25, -0.2) is 16.8 Å². The summed E-state index contributed by atoms with van der Waals surface area (Å²) < 4.78 is 50.5. The second-order valence-corrected chi connectivity index (χ2v) is 18.1. The Morgan fingerprint density at radius 1 is 0.519 bits per heavy atom. The molecule has 7 rings (SSSR count). The maximum Gasteiger partial charge on any atom is 0.180 e. The number of aliphatic hydroxyl groups excluding tert-OH is 2. The van der Waals surface area contributed by atoms with E-state index in [2.05, 4.69) is 41.3 Å². The fourth-order valence-corrected chi connectivity index (χ4v) is 11.1. The molecule has 7 nitrogen and oxygen atoms in total. The van der Waals surface area contributed by atoms with Crippen molar-refractivity contribution in [3.63, 3.8) is 0 Å². The maximum atomic E-state index is 13.2. The summed E-state index contributed by atoms with van der Waals surface area (Å²) >= 11 is 0. The summed E-state index contributed by atoms with van der Waals surface area (Å²) in [6.45, 7) is 0.742. The van der Waals surface area contributed by atoms with E-state index in [0.717, 1.165) is 61.8 Å². The number of rotatable bonds is 12. The molecular weight excluding hydrogens is 715 g/mol. The molecular formula is C45H53NO6S2. The first kappa shape index (κ1) is 41.1. The SMILES string of the molecule is C.O=S(=O)(C[C@H](O)C1CCCC1)c1ccccc1.O=S(=O)(C[C@H](O)[C@@H]1CCCN1C(c1ccccc1)(c1ccccc1)c1ccccc1)c1ccccc1. The van der Waals surface area contributed by atoms with Gasteiger partial charge >= 0.3 is 0 Å². The highest BCUT2D eigenvalue weighted by atomic mass is 32.2. The molecule has 2 aliphatic rings. The fourth-order valence-electron chi connectivity index (χ4n) is 8.13. The van der Waals surface area contributed by atoms with Gasteiger partial charge in [0.2, 0.25) is 0 Å². The summed E-state index contributed by atoms with van der Waals surface area (Å²) in [7, 11) is -6.98. The Kier molecular flexibility index (Phi) is 14.0. The van der Waals surface area contributed by atoms with Gasteiger partial charge in [0.15, 0.2) is 19.7 Å². The summed E-state index contributed by atoms with van der Waals surface area (Å²) in [5.74, 6) is -0.303. The zero-order valence-corrected chi connectivity index (χ0v) is 31.5. The molecule has 2 fully saturated rings. The number of sulfone groups is 2. The van der Waals surface area contributed by atoms with Crippen molar-refractivity contribution in [1.29, 1.82) is 0 Å². The van der Waals surface area contributed by atoms with E-state index in [4.69, 9.17) is 0 Å². The lowest BCUT2D eigenvalue weighted by Gasteiger charge is -2.47. The summed E-state index contributed by atoms with van der Waals surface area (Å²) in [5, 5.41) is 21.5. The average molecular weight is 768 g/mol. The van der Waals surface area contributed by atoms with Crippen LogP contribution in [0.25, 0.3) is 0 Å². The molecule has 0 unspecified atom stereocenters. The standard InChI is InChI=1S/C31H31NO3S.C13H18O3S.CH4/c33-30(24-36(34,35)28-20-11-4-12-21-28)29-22-13-23-32(29)31(25-14-5-1-6-15-25,26-16-7-2-8-17-26)27-18-9-3-10-19-27;14-13(11-6-4-5-7-11)10-17(15,16)12-8-2-1-3-9-12;/h1-12,14-21,29-30,33H,13,22-24H2;1-3,8-9,11,13-14H,4-7,10H2;1H4/t29-,30-;13-;/m00./s1. The minimum absolute atomic E-state index is 0. The summed E-state index contributed by atoms with van der Waals surface area (Å²) in [6, 6.07) is 47.5. The topological polar surface area (TPSA) is 112 Å². The maximum absolute atomic E-state index is 13.2. The van der Waals surface area contributed by atoms with E-state index in [1.54, 1.807) is 60.7 Å². The highest BCUT2D eigenvalue weighted by molar-refractivity contribution is 7.91. The van der Waals surface area contributed by atoms with E-state index in [-0.39, 0.29) is 35.8 Å². The van der Waals surface area contributed by atoms with Crippen LogP contribution in [0.15, 0.2) is 161 Å². The largest absolute Gasteiger partial charge is 0.392 e. The molecule has 54 heavy (non-hydrogen) atoms. The lowest BCUT2D eigenvalue weighted by Crippen LogP contribution is -2.54. The molecule has 3 atom stereocenters. The van der Waals surface area contributed by atoms with Gasteiger partial charge in [0.25, 0.3) is 0 Å². The molecule has 1 aliphatic heterocycles. The zero-order valence-electron chi connectivity index (χ0n) is 29.9. The van der Waals surface area contributed by atoms with Crippen LogP contribution in [0, 0.1) is 5.92 Å². The van der Waals surface area contributed by atoms with Gasteiger partial charge in [-0.1, -0.05) is 148 Å². The Bertz CT molecular complexity index is 1980. The van der Waals surface area contributed by atoms with E-state index < -0.39 is 37.4 Å². The Morgan fingerprint density at radius 2 is 0.870 bits per heavy atom. The van der Waals surface area contributed by atoms with Crippen LogP contribution in [0.1, 0.15) is 62.6 Å². The summed E-state index contributed by atoms with van der Waals surface area (Å²) in [5.41, 5.74) is 2.59. The third kappa shape index (κ3) is 9.21. The van der Waals surface area contributed by atoms with Gasteiger partial charge in [-0.05, 0) is 72.6 Å². The van der Waals surface area contributed by atoms with Crippen molar-refractivity contribution in [2.75, 3.05) is 18.1 Å². The molecule has 0 radical (unpaired) electrons. The first-order valence-corrected chi connectivity index (χ1v) is 21.8. The van der Waals surface area contributed by atoms with Crippen LogP contribution in [0.5, 0.6) is 0 Å². The highest BCUT2D eigenvalue weighted by Crippen LogP contribution is 2.46. The van der Waals surface area contributed by atoms with Crippen LogP contribution in [0.3, 0.4) is 0 Å². The Balaban J connectivity index is 0.000000262. The van der Waals surface area contributed by atoms with Crippen LogP contribution < -0.4 is 0 Å². The second kappa shape index (κ2) is 18.5. The third-order valence-electron chi connectivity index (χ3n) is 10.7. The van der Waals surface area contributed by atoms with E-state index in [1.807, 2.05) is 54.6 Å². The molecule has 5 aromatic carbocycles. The zero-order chi connectivity index (χ0) is 37.3. The smallest absolute Gasteiger partial charge is 0.180 e. The molecule has 5 aromatic rings. The van der Waals surface area contributed by atoms with Crippen molar-refractivity contribution in [1.82, 2.24) is 4.90 Å². The van der Waals surface area contributed by atoms with Gasteiger partial charge in [0, 0.05) is 12.6 Å². The monoisotopic (exact) mass is 767 g/mol. The van der Waals surface area contributed by atoms with E-state index in [9.17, 15) is 27.0 Å². The highest BCUT2D eigenvalue weighted by Gasteiger charge is 2.49. The lowest BCUT2D eigenvalue weighted by molar-refractivity contribution is 0.0451. The molecule has 0 aromatic heterocycles. The average Bonchev–Trinajstić information content (AvgIpc) is 3.92. The van der Waals surface area contributed by atoms with E-state index in [0.29, 0.717) is 4.90 Å². The summed E-state index contributed by atoms with van der Waals surface area (Å²) in [6.07, 6.45) is 3.95. The van der Waals surface area contributed by atoms with Gasteiger partial charge in [0.1, 0.15) is 0 Å². The van der Waals surface area contributed by atoms with Crippen LogP contribution in [0.4, 0.5) is 0 Å². The van der Waals surface area contributed by atoms with Crippen molar-refractivity contribution >= 4 is 19.7 Å². The predicted octanol–water partition coefficient (Wildman–Crippen LogP) is 7.93. The van der Waals surface area contributed by atoms with Crippen molar-refractivity contribution < 1.29 is 27.0 Å². The Hall–Kier alpha value is -4.12. The number of hydrogen-bond donors (Lipinski definition) is 2. The van der Waals surface area contributed by atoms with Gasteiger partial charge in [-0.3, -0.25) is 4.90 Å². The lowest BCUT2D eigenvalue weighted by atomic mass is 9.75. The molecule has 0 bridgehead atoms. The molecule has 2 N–H and O–H groups in total. The first-order valence-electron chi connectivity index (χ1n) is 18.5. The van der Waals surface area contributed by atoms with Crippen molar-refractivity contribution in [2.24, 2.45) is 5.92 Å². The summed E-state index contributed by atoms with van der Waals surface area (Å²) in [4.78, 5) is 2.88. The molecule has 286 valence electrons. The van der Waals surface area contributed by atoms with Crippen LogP contribution >= 0.6 is 0 Å². The number of benzene rings is 5. The number of aliphatic hydroxyl groups is 2. The Labute approximate surface area is 322 Å². The van der Waals surface area contributed by atoms with Gasteiger partial charge < -0.3 is 10.2 Å². The molecule has 1 saturated heterocycles. The molecule has 1 saturated carbocycles. The number of hydrogen-bond acceptors (Lipinski definition) is 7. The van der Waals surface area contributed by atoms with Crippen LogP contribution in [-0.4, -0.2) is 68.2 Å². The minimum atomic E-state index is -3.64. The van der Waals surface area contributed by atoms with Crippen molar-refractivity contribution in [2.45, 2.75) is 79.5 Å². The third-order valence-corrected chi connectivity index (χ3v) is 14.2. The van der Waals surface area contributed by atoms with Crippen molar-refractivity contribution in [3.05, 3.63) is 168 Å². The first-order chi connectivity index (χ1) is 25.6. The number of likely N-dealkylation sites (tertiary alicyclic amines) is 1. The molecule has 9 heteroatoms. The van der Waals surface area contributed by atoms with Crippen LogP contribution in [-0.2, 0) is 25.2 Å². The molecule has 0 amide bonds. The van der Waals surface area contributed by atoms with E-state index in [1.165, 1.54) is 0 Å². The van der Waals surface area contributed by atoms with Crippen molar-refractivity contribution in [3.8, 4) is 0 Å². The Morgan fingerprint density at radius 3 is 1.26 bits per heavy atom. The second-order valence-electron chi connectivity index (χ2n) is 14.1. The number of nitrogens with zero attached hydrogens (tertiary/aromatic N) is 1. The van der Waals surface area contributed by atoms with Gasteiger partial charge in [-0.15, -0.1) is 0 Å². The van der Waals surface area contributed by atoms with Crippen LogP contribution in [0.2, 0.25) is 0 Å². The van der Waals surface area contributed by atoms with Gasteiger partial charge in [0.05, 0.1) is 39.0 Å². The molecule has 0 spiro atoms.